The number of nitrogens with zero attached hydrogens (tertiary/aromatic N) is 3. The summed E-state index contributed by atoms with van der Waals surface area (Å²) in [5.74, 6) is -0.794. The van der Waals surface area contributed by atoms with E-state index >= 15 is 0 Å². The summed E-state index contributed by atoms with van der Waals surface area (Å²) in [5, 5.41) is 14.2. The fourth-order valence-corrected chi connectivity index (χ4v) is 6.75. The summed E-state index contributed by atoms with van der Waals surface area (Å²) >= 11 is 0. The number of hydrogen-bond acceptors (Lipinski definition) is 8. The van der Waals surface area contributed by atoms with Crippen molar-refractivity contribution >= 4 is 48.3 Å². The number of hydrogen-bond donors (Lipinski definition) is 3. The van der Waals surface area contributed by atoms with E-state index in [2.05, 4.69) is 19.4 Å². The van der Waals surface area contributed by atoms with Gasteiger partial charge in [-0.2, -0.15) is 8.42 Å². The topological polar surface area (TPSA) is 160 Å². The zero-order valence-electron chi connectivity index (χ0n) is 21.7. The second-order valence-corrected chi connectivity index (χ2v) is 13.1. The average molecular weight is 582 g/mol. The monoisotopic (exact) mass is 581 g/mol. The molecular weight excluding hydrogens is 554 g/mol. The van der Waals surface area contributed by atoms with Crippen LogP contribution in [0, 0.1) is 5.92 Å². The number of sulfonamides is 2. The molecule has 13 heteroatoms. The lowest BCUT2D eigenvalue weighted by atomic mass is 10.1. The van der Waals surface area contributed by atoms with E-state index in [-0.39, 0.29) is 50.4 Å². The maximum absolute atomic E-state index is 13.6. The Labute approximate surface area is 231 Å². The third-order valence-corrected chi connectivity index (χ3v) is 8.93. The number of aryl methyl sites for hydroxylation is 1. The highest BCUT2D eigenvalue weighted by molar-refractivity contribution is 7.92. The summed E-state index contributed by atoms with van der Waals surface area (Å²) in [4.78, 5) is 17.6. The van der Waals surface area contributed by atoms with Crippen molar-refractivity contribution in [2.24, 2.45) is 10.3 Å². The lowest BCUT2D eigenvalue weighted by molar-refractivity contribution is 0.473. The highest BCUT2D eigenvalue weighted by Crippen LogP contribution is 2.34. The van der Waals surface area contributed by atoms with Crippen molar-refractivity contribution in [2.45, 2.75) is 37.5 Å². The van der Waals surface area contributed by atoms with E-state index in [1.54, 1.807) is 42.5 Å². The second-order valence-electron chi connectivity index (χ2n) is 9.84. The van der Waals surface area contributed by atoms with Gasteiger partial charge in [0, 0.05) is 18.4 Å². The van der Waals surface area contributed by atoms with Gasteiger partial charge in [0.1, 0.15) is 21.9 Å². The Balaban J connectivity index is 1.53. The van der Waals surface area contributed by atoms with Crippen LogP contribution in [0.25, 0.3) is 11.0 Å². The molecule has 0 saturated heterocycles. The molecule has 11 nitrogen and oxygen atoms in total. The number of nitrogens with one attached hydrogen (secondary N) is 2. The first-order chi connectivity index (χ1) is 18.9. The molecule has 3 N–H and O–H groups in total. The van der Waals surface area contributed by atoms with Crippen molar-refractivity contribution in [3.8, 4) is 5.75 Å². The standard InChI is InChI=1S/C27H27N5O6S2/c1-17(2)12-14-32-26-20(9-6-13-28-26)24(33)23(27(32)34)25-29-21-11-10-19(15-22(21)40(37,38)31-25)30-39(35,36)16-18-7-4-3-5-8-18/h3-11,13,15,17,30,33H,12,14,16H2,1-2H3,(H,29,31). The molecule has 2 aromatic heterocycles. The van der Waals surface area contributed by atoms with E-state index in [0.29, 0.717) is 18.5 Å². The van der Waals surface area contributed by atoms with E-state index in [0.717, 1.165) is 6.07 Å². The summed E-state index contributed by atoms with van der Waals surface area (Å²) < 4.78 is 59.4. The van der Waals surface area contributed by atoms with Gasteiger partial charge in [-0.15, -0.1) is 4.40 Å². The molecule has 0 bridgehead atoms. The maximum atomic E-state index is 13.6. The number of anilines is 2. The molecule has 4 aromatic rings. The average Bonchev–Trinajstić information content (AvgIpc) is 2.89. The molecule has 0 unspecified atom stereocenters. The number of benzene rings is 2. The van der Waals surface area contributed by atoms with Gasteiger partial charge in [0.25, 0.3) is 15.6 Å². The van der Waals surface area contributed by atoms with Gasteiger partial charge in [-0.25, -0.2) is 13.4 Å². The van der Waals surface area contributed by atoms with E-state index < -0.39 is 31.4 Å². The number of aromatic nitrogens is 2. The van der Waals surface area contributed by atoms with Crippen LogP contribution in [0.2, 0.25) is 0 Å². The number of fused-ring (bicyclic) bond motifs is 2. The predicted octanol–water partition coefficient (Wildman–Crippen LogP) is 3.65. The lowest BCUT2D eigenvalue weighted by Gasteiger charge is -2.21. The molecule has 1 aliphatic heterocycles. The normalized spacial score (nSPS) is 14.4. The van der Waals surface area contributed by atoms with Crippen LogP contribution in [0.15, 0.2) is 80.9 Å². The smallest absolute Gasteiger partial charge is 0.286 e. The van der Waals surface area contributed by atoms with Gasteiger partial charge in [0.15, 0.2) is 5.84 Å². The number of aromatic hydroxyl groups is 1. The van der Waals surface area contributed by atoms with E-state index in [1.165, 1.54) is 22.9 Å². The van der Waals surface area contributed by atoms with Crippen molar-refractivity contribution in [2.75, 3.05) is 10.0 Å². The van der Waals surface area contributed by atoms with Gasteiger partial charge < -0.3 is 10.4 Å². The minimum absolute atomic E-state index is 0.0365. The summed E-state index contributed by atoms with van der Waals surface area (Å²) in [7, 11) is -8.22. The summed E-state index contributed by atoms with van der Waals surface area (Å²) in [6.07, 6.45) is 2.16. The molecule has 0 amide bonds. The third kappa shape index (κ3) is 5.42. The van der Waals surface area contributed by atoms with E-state index in [9.17, 15) is 26.7 Å². The van der Waals surface area contributed by atoms with Crippen LogP contribution in [-0.4, -0.2) is 37.3 Å². The van der Waals surface area contributed by atoms with Gasteiger partial charge in [-0.05, 0) is 48.2 Å². The molecule has 0 radical (unpaired) electrons. The van der Waals surface area contributed by atoms with Gasteiger partial charge in [-0.3, -0.25) is 14.1 Å². The van der Waals surface area contributed by atoms with E-state index in [1.807, 2.05) is 13.8 Å². The largest absolute Gasteiger partial charge is 0.506 e. The van der Waals surface area contributed by atoms with Crippen molar-refractivity contribution in [1.82, 2.24) is 9.55 Å². The first-order valence-corrected chi connectivity index (χ1v) is 15.6. The Morgan fingerprint density at radius 2 is 1.82 bits per heavy atom. The Morgan fingerprint density at radius 3 is 2.55 bits per heavy atom. The van der Waals surface area contributed by atoms with Crippen LogP contribution >= 0.6 is 0 Å². The van der Waals surface area contributed by atoms with Crippen molar-refractivity contribution in [3.05, 3.63) is 88.3 Å². The zero-order chi connectivity index (χ0) is 28.7. The quantitative estimate of drug-likeness (QED) is 0.284. The fraction of sp³-hybridized carbons (Fsp3) is 0.222. The SMILES string of the molecule is CC(C)CCn1c(=O)c(C2=NS(=O)(=O)c3cc(NS(=O)(=O)Cc4ccccc4)ccc3N2)c(O)c2cccnc21. The van der Waals surface area contributed by atoms with Gasteiger partial charge in [-0.1, -0.05) is 44.2 Å². The molecule has 0 saturated carbocycles. The van der Waals surface area contributed by atoms with Crippen LogP contribution < -0.4 is 15.6 Å². The summed E-state index contributed by atoms with van der Waals surface area (Å²) in [6, 6.07) is 15.7. The van der Waals surface area contributed by atoms with Gasteiger partial charge >= 0.3 is 0 Å². The zero-order valence-corrected chi connectivity index (χ0v) is 23.3. The van der Waals surface area contributed by atoms with Crippen LogP contribution in [0.5, 0.6) is 5.75 Å². The lowest BCUT2D eigenvalue weighted by Crippen LogP contribution is -2.33. The minimum atomic E-state index is -4.39. The highest BCUT2D eigenvalue weighted by Gasteiger charge is 2.31. The molecule has 40 heavy (non-hydrogen) atoms. The van der Waals surface area contributed by atoms with Gasteiger partial charge in [0.05, 0.1) is 16.8 Å². The number of amidine groups is 1. The molecule has 0 spiro atoms. The first kappa shape index (κ1) is 27.3. The van der Waals surface area contributed by atoms with Crippen molar-refractivity contribution in [3.63, 3.8) is 0 Å². The molecule has 208 valence electrons. The van der Waals surface area contributed by atoms with E-state index in [4.69, 9.17) is 0 Å². The third-order valence-electron chi connectivity index (χ3n) is 6.36. The van der Waals surface area contributed by atoms with Gasteiger partial charge in [0.2, 0.25) is 10.0 Å². The number of rotatable bonds is 8. The Morgan fingerprint density at radius 1 is 1.07 bits per heavy atom. The number of pyridine rings is 2. The first-order valence-electron chi connectivity index (χ1n) is 12.5. The Hall–Kier alpha value is -4.23. The highest BCUT2D eigenvalue weighted by atomic mass is 32.2. The fourth-order valence-electron chi connectivity index (χ4n) is 4.41. The van der Waals surface area contributed by atoms with Crippen LogP contribution in [-0.2, 0) is 32.3 Å². The molecule has 3 heterocycles. The molecule has 0 aliphatic carbocycles. The van der Waals surface area contributed by atoms with Crippen LogP contribution in [0.4, 0.5) is 11.4 Å². The summed E-state index contributed by atoms with van der Waals surface area (Å²) in [5.41, 5.74) is 0.0253. The molecule has 0 fully saturated rings. The van der Waals surface area contributed by atoms with Crippen LogP contribution in [0.1, 0.15) is 31.4 Å². The minimum Gasteiger partial charge on any atom is -0.506 e. The molecule has 5 rings (SSSR count). The summed E-state index contributed by atoms with van der Waals surface area (Å²) in [6.45, 7) is 4.32. The molecular formula is C27H27N5O6S2. The second kappa shape index (κ2) is 10.4. The molecule has 2 aromatic carbocycles. The molecule has 0 atom stereocenters. The predicted molar refractivity (Wildman–Crippen MR) is 154 cm³/mol. The Bertz CT molecular complexity index is 1920. The Kier molecular flexibility index (Phi) is 7.10. The van der Waals surface area contributed by atoms with Crippen molar-refractivity contribution < 1.29 is 21.9 Å². The maximum Gasteiger partial charge on any atom is 0.286 e. The molecule has 1 aliphatic rings. The van der Waals surface area contributed by atoms with Crippen molar-refractivity contribution in [1.29, 1.82) is 0 Å². The van der Waals surface area contributed by atoms with Crippen LogP contribution in [0.3, 0.4) is 0 Å².